The molecular formula is C13H23NO9. The van der Waals surface area contributed by atoms with E-state index in [1.165, 1.54) is 6.92 Å². The van der Waals surface area contributed by atoms with Crippen molar-refractivity contribution in [2.75, 3.05) is 13.2 Å². The number of rotatable bonds is 6. The summed E-state index contributed by atoms with van der Waals surface area (Å²) in [5.41, 5.74) is 0. The molecule has 0 saturated carbocycles. The maximum atomic E-state index is 11.8. The van der Waals surface area contributed by atoms with Crippen LogP contribution in [0.2, 0.25) is 0 Å². The van der Waals surface area contributed by atoms with Gasteiger partial charge in [0.15, 0.2) is 0 Å². The number of amides is 1. The molecule has 23 heavy (non-hydrogen) atoms. The van der Waals surface area contributed by atoms with E-state index in [1.807, 2.05) is 0 Å². The zero-order chi connectivity index (χ0) is 17.8. The highest BCUT2D eigenvalue weighted by atomic mass is 16.7. The van der Waals surface area contributed by atoms with E-state index in [0.29, 0.717) is 0 Å². The molecule has 1 fully saturated rings. The lowest BCUT2D eigenvalue weighted by Gasteiger charge is -2.45. The summed E-state index contributed by atoms with van der Waals surface area (Å²) in [5, 5.41) is 51.2. The zero-order valence-corrected chi connectivity index (χ0v) is 12.9. The number of hydrogen-bond acceptors (Lipinski definition) is 9. The molecule has 134 valence electrons. The van der Waals surface area contributed by atoms with Crippen LogP contribution in [0.1, 0.15) is 20.3 Å². The van der Waals surface area contributed by atoms with Gasteiger partial charge in [-0.25, -0.2) is 4.79 Å². The Kier molecular flexibility index (Phi) is 6.86. The monoisotopic (exact) mass is 337 g/mol. The summed E-state index contributed by atoms with van der Waals surface area (Å²) in [6, 6.07) is -1.21. The molecule has 1 rings (SSSR count). The fraction of sp³-hybridized carbons (Fsp3) is 0.846. The van der Waals surface area contributed by atoms with Gasteiger partial charge in [-0.05, 0) is 6.92 Å². The number of esters is 1. The largest absolute Gasteiger partial charge is 0.462 e. The quantitative estimate of drug-likeness (QED) is 0.271. The summed E-state index contributed by atoms with van der Waals surface area (Å²) in [7, 11) is 0. The van der Waals surface area contributed by atoms with Crippen LogP contribution in [0.5, 0.6) is 0 Å². The van der Waals surface area contributed by atoms with Gasteiger partial charge in [0.25, 0.3) is 5.79 Å². The highest BCUT2D eigenvalue weighted by molar-refractivity contribution is 5.78. The van der Waals surface area contributed by atoms with E-state index in [1.54, 1.807) is 0 Å². The Morgan fingerprint density at radius 2 is 2.04 bits per heavy atom. The number of nitrogens with one attached hydrogen (secondary N) is 1. The normalized spacial score (nSPS) is 33.6. The molecule has 1 unspecified atom stereocenters. The van der Waals surface area contributed by atoms with Crippen LogP contribution in [0.25, 0.3) is 0 Å². The number of carbonyl (C=O) groups is 2. The topological polar surface area (TPSA) is 166 Å². The molecule has 10 nitrogen and oxygen atoms in total. The molecule has 0 aromatic rings. The molecule has 1 aliphatic rings. The van der Waals surface area contributed by atoms with Crippen LogP contribution in [-0.4, -0.2) is 86.9 Å². The SMILES string of the molecule is CCOC(=O)C1(O)C[C@H](O)[C@@H](NC(C)=O)[C@H]([C@H](O)[C@H](O)CO)O1. The molecule has 0 aromatic carbocycles. The zero-order valence-electron chi connectivity index (χ0n) is 12.9. The first-order valence-corrected chi connectivity index (χ1v) is 7.15. The van der Waals surface area contributed by atoms with E-state index >= 15 is 0 Å². The minimum atomic E-state index is -2.55. The van der Waals surface area contributed by atoms with E-state index in [0.717, 1.165) is 6.92 Å². The van der Waals surface area contributed by atoms with Crippen molar-refractivity contribution in [3.8, 4) is 0 Å². The van der Waals surface area contributed by atoms with Gasteiger partial charge >= 0.3 is 5.97 Å². The number of ether oxygens (including phenoxy) is 2. The fourth-order valence-corrected chi connectivity index (χ4v) is 2.37. The van der Waals surface area contributed by atoms with Crippen molar-refractivity contribution in [1.29, 1.82) is 0 Å². The molecule has 6 N–H and O–H groups in total. The van der Waals surface area contributed by atoms with Crippen molar-refractivity contribution in [3.05, 3.63) is 0 Å². The number of aliphatic hydroxyl groups excluding tert-OH is 4. The van der Waals surface area contributed by atoms with Crippen LogP contribution < -0.4 is 5.32 Å². The Labute approximate surface area is 132 Å². The standard InChI is InChI=1S/C13H23NO9/c1-3-22-12(20)13(21)4-7(17)9(14-6(2)16)11(23-13)10(19)8(18)5-15/h7-11,15,17-19,21H,3-5H2,1-2H3,(H,14,16)/t7-,8+,9+,10+,11+,13?/m0/s1. The lowest BCUT2D eigenvalue weighted by atomic mass is 9.88. The summed E-state index contributed by atoms with van der Waals surface area (Å²) < 4.78 is 9.80. The van der Waals surface area contributed by atoms with Crippen LogP contribution in [0.4, 0.5) is 0 Å². The van der Waals surface area contributed by atoms with Gasteiger partial charge in [0, 0.05) is 13.3 Å². The third-order valence-corrected chi connectivity index (χ3v) is 3.47. The minimum absolute atomic E-state index is 0.0534. The number of carbonyl (C=O) groups excluding carboxylic acids is 2. The van der Waals surface area contributed by atoms with Crippen molar-refractivity contribution in [2.45, 2.75) is 56.5 Å². The van der Waals surface area contributed by atoms with Crippen molar-refractivity contribution in [1.82, 2.24) is 5.32 Å². The van der Waals surface area contributed by atoms with Crippen LogP contribution in [0.15, 0.2) is 0 Å². The average molecular weight is 337 g/mol. The smallest absolute Gasteiger partial charge is 0.366 e. The Morgan fingerprint density at radius 3 is 2.52 bits per heavy atom. The highest BCUT2D eigenvalue weighted by Gasteiger charge is 2.54. The molecule has 1 aliphatic heterocycles. The lowest BCUT2D eigenvalue weighted by molar-refractivity contribution is -0.297. The highest BCUT2D eigenvalue weighted by Crippen LogP contribution is 2.31. The maximum absolute atomic E-state index is 11.8. The summed E-state index contributed by atoms with van der Waals surface area (Å²) in [5.74, 6) is -4.28. The first-order valence-electron chi connectivity index (χ1n) is 7.15. The van der Waals surface area contributed by atoms with Gasteiger partial charge in [-0.3, -0.25) is 4.79 Å². The molecule has 0 aromatic heterocycles. The van der Waals surface area contributed by atoms with Gasteiger partial charge < -0.3 is 40.3 Å². The molecule has 6 atom stereocenters. The second-order valence-electron chi connectivity index (χ2n) is 5.33. The molecule has 0 radical (unpaired) electrons. The van der Waals surface area contributed by atoms with Crippen LogP contribution in [-0.2, 0) is 19.1 Å². The summed E-state index contributed by atoms with van der Waals surface area (Å²) in [4.78, 5) is 23.1. The predicted octanol–water partition coefficient (Wildman–Crippen LogP) is -3.39. The van der Waals surface area contributed by atoms with E-state index in [9.17, 15) is 30.0 Å². The number of aliphatic hydroxyl groups is 5. The van der Waals surface area contributed by atoms with Crippen LogP contribution in [0, 0.1) is 0 Å². The van der Waals surface area contributed by atoms with Gasteiger partial charge in [0.05, 0.1) is 25.4 Å². The van der Waals surface area contributed by atoms with E-state index in [-0.39, 0.29) is 6.61 Å². The molecule has 0 aliphatic carbocycles. The molecule has 10 heteroatoms. The van der Waals surface area contributed by atoms with Crippen LogP contribution in [0.3, 0.4) is 0 Å². The molecule has 1 amide bonds. The van der Waals surface area contributed by atoms with Crippen molar-refractivity contribution >= 4 is 11.9 Å². The molecule has 0 bridgehead atoms. The minimum Gasteiger partial charge on any atom is -0.462 e. The second-order valence-corrected chi connectivity index (χ2v) is 5.33. The fourth-order valence-electron chi connectivity index (χ4n) is 2.37. The van der Waals surface area contributed by atoms with E-state index in [4.69, 9.17) is 9.84 Å². The molecule has 0 spiro atoms. The molecular weight excluding hydrogens is 314 g/mol. The Morgan fingerprint density at radius 1 is 1.43 bits per heavy atom. The first-order chi connectivity index (χ1) is 10.7. The van der Waals surface area contributed by atoms with Crippen molar-refractivity contribution in [3.63, 3.8) is 0 Å². The van der Waals surface area contributed by atoms with Gasteiger partial charge in [-0.15, -0.1) is 0 Å². The Balaban J connectivity index is 3.08. The maximum Gasteiger partial charge on any atom is 0.366 e. The van der Waals surface area contributed by atoms with E-state index in [2.05, 4.69) is 10.1 Å². The summed E-state index contributed by atoms with van der Waals surface area (Å²) in [6.07, 6.45) is -7.08. The van der Waals surface area contributed by atoms with Gasteiger partial charge in [0.1, 0.15) is 18.3 Å². The first kappa shape index (κ1) is 19.7. The van der Waals surface area contributed by atoms with Gasteiger partial charge in [-0.1, -0.05) is 0 Å². The third kappa shape index (κ3) is 4.59. The van der Waals surface area contributed by atoms with Crippen molar-refractivity contribution < 1.29 is 44.6 Å². The van der Waals surface area contributed by atoms with Crippen molar-refractivity contribution in [2.24, 2.45) is 0 Å². The predicted molar refractivity (Wildman–Crippen MR) is 73.8 cm³/mol. The number of hydrogen-bond donors (Lipinski definition) is 6. The Hall–Kier alpha value is -1.30. The third-order valence-electron chi connectivity index (χ3n) is 3.47. The van der Waals surface area contributed by atoms with E-state index < -0.39 is 61.1 Å². The summed E-state index contributed by atoms with van der Waals surface area (Å²) in [6.45, 7) is 1.78. The summed E-state index contributed by atoms with van der Waals surface area (Å²) >= 11 is 0. The second kappa shape index (κ2) is 7.99. The van der Waals surface area contributed by atoms with Crippen LogP contribution >= 0.6 is 0 Å². The lowest BCUT2D eigenvalue weighted by Crippen LogP contribution is -2.67. The van der Waals surface area contributed by atoms with Gasteiger partial charge in [-0.2, -0.15) is 0 Å². The Bertz CT molecular complexity index is 432. The molecule has 1 saturated heterocycles. The van der Waals surface area contributed by atoms with Gasteiger partial charge in [0.2, 0.25) is 5.91 Å². The average Bonchev–Trinajstić information content (AvgIpc) is 2.48. The molecule has 1 heterocycles.